The van der Waals surface area contributed by atoms with Crippen LogP contribution in [0.1, 0.15) is 4.88 Å². The Kier molecular flexibility index (Phi) is 14.3. The van der Waals surface area contributed by atoms with Gasteiger partial charge in [-0.25, -0.2) is 18.8 Å². The summed E-state index contributed by atoms with van der Waals surface area (Å²) in [5.74, 6) is -5.97. The van der Waals surface area contributed by atoms with Crippen LogP contribution in [0.4, 0.5) is 32.0 Å². The maximum absolute atomic E-state index is 14.5. The quantitative estimate of drug-likeness (QED) is 0.0804. The molecule has 0 saturated heterocycles. The van der Waals surface area contributed by atoms with Gasteiger partial charge in [0.2, 0.25) is 0 Å². The molecule has 0 fully saturated rings. The number of amidine groups is 1. The molecular weight excluding hydrogens is 794 g/mol. The van der Waals surface area contributed by atoms with Gasteiger partial charge in [0.25, 0.3) is 10.0 Å². The molecule has 0 bridgehead atoms. The number of aliphatic carboxylic acids is 2. The number of halogens is 7. The van der Waals surface area contributed by atoms with Gasteiger partial charge in [-0.1, -0.05) is 31.8 Å². The molecule has 1 aromatic heterocycles. The second-order valence-electron chi connectivity index (χ2n) is 8.05. The third-order valence-electron chi connectivity index (χ3n) is 4.59. The van der Waals surface area contributed by atoms with E-state index in [0.717, 1.165) is 11.3 Å². The molecule has 0 aliphatic heterocycles. The van der Waals surface area contributed by atoms with Crippen LogP contribution in [0.5, 0.6) is 0 Å². The molecule has 258 valence electrons. The van der Waals surface area contributed by atoms with Crippen molar-refractivity contribution < 1.29 is 58.8 Å². The van der Waals surface area contributed by atoms with Crippen molar-refractivity contribution in [3.63, 3.8) is 0 Å². The Morgan fingerprint density at radius 3 is 1.81 bits per heavy atom. The molecule has 13 nitrogen and oxygen atoms in total. The molecule has 0 aliphatic rings. The number of hydrogen-bond acceptors (Lipinski definition) is 9. The molecule has 0 radical (unpaired) electrons. The average molecular weight is 816 g/mol. The number of benzene rings is 2. The van der Waals surface area contributed by atoms with Gasteiger partial charge in [0.1, 0.15) is 15.6 Å². The van der Waals surface area contributed by atoms with Crippen molar-refractivity contribution >= 4 is 88.2 Å². The van der Waals surface area contributed by atoms with Gasteiger partial charge in [0, 0.05) is 4.47 Å². The Hall–Kier alpha value is -3.87. The summed E-state index contributed by atoms with van der Waals surface area (Å²) in [5.41, 5.74) is 16.6. The van der Waals surface area contributed by atoms with Crippen molar-refractivity contribution in [3.8, 4) is 0 Å². The molecule has 0 saturated carbocycles. The lowest BCUT2D eigenvalue weighted by atomic mass is 10.3. The third kappa shape index (κ3) is 12.3. The number of alkyl halides is 6. The highest BCUT2D eigenvalue weighted by molar-refractivity contribution is 9.10. The van der Waals surface area contributed by atoms with Crippen molar-refractivity contribution in [3.05, 3.63) is 63.9 Å². The first kappa shape index (κ1) is 41.2. The van der Waals surface area contributed by atoms with Gasteiger partial charge >= 0.3 is 24.3 Å². The van der Waals surface area contributed by atoms with Crippen molar-refractivity contribution in [2.24, 2.45) is 26.0 Å². The summed E-state index contributed by atoms with van der Waals surface area (Å²) in [7, 11) is -8.13. The van der Waals surface area contributed by atoms with E-state index in [-0.39, 0.29) is 32.2 Å². The number of carbonyl (C=O) groups is 2. The Morgan fingerprint density at radius 2 is 1.38 bits per heavy atom. The number of thiophene rings is 1. The lowest BCUT2D eigenvalue weighted by molar-refractivity contribution is -0.193. The van der Waals surface area contributed by atoms with Crippen LogP contribution < -0.4 is 17.2 Å². The molecule has 9 N–H and O–H groups in total. The van der Waals surface area contributed by atoms with Crippen LogP contribution in [-0.4, -0.2) is 65.2 Å². The third-order valence-corrected chi connectivity index (χ3v) is 11.9. The maximum atomic E-state index is 14.5. The lowest BCUT2D eigenvalue weighted by Gasteiger charge is -2.12. The molecule has 3 rings (SSSR count). The Labute approximate surface area is 278 Å². The maximum Gasteiger partial charge on any atom is 0.490 e. The number of guanidine groups is 1. The molecule has 3 aromatic rings. The van der Waals surface area contributed by atoms with Crippen LogP contribution in [0.15, 0.2) is 86.7 Å². The Bertz CT molecular complexity index is 1880. The van der Waals surface area contributed by atoms with Gasteiger partial charge in [-0.05, 0) is 48.7 Å². The molecule has 1 atom stereocenters. The van der Waals surface area contributed by atoms with Crippen molar-refractivity contribution in [2.75, 3.05) is 6.26 Å². The summed E-state index contributed by atoms with van der Waals surface area (Å²) in [6.45, 7) is 0. The summed E-state index contributed by atoms with van der Waals surface area (Å²) >= 11 is 5.75. The van der Waals surface area contributed by atoms with Gasteiger partial charge in [0.05, 0.1) is 29.5 Å². The number of hydrogen-bond donors (Lipinski definition) is 6. The highest BCUT2D eigenvalue weighted by Crippen LogP contribution is 2.39. The molecule has 1 unspecified atom stereocenters. The fourth-order valence-electron chi connectivity index (χ4n) is 2.72. The predicted octanol–water partition coefficient (Wildman–Crippen LogP) is 4.96. The summed E-state index contributed by atoms with van der Waals surface area (Å²) in [6, 6.07) is 13.4. The van der Waals surface area contributed by atoms with E-state index in [0.29, 0.717) is 13.6 Å². The fourth-order valence-corrected chi connectivity index (χ4v) is 9.85. The zero-order chi connectivity index (χ0) is 36.5. The summed E-state index contributed by atoms with van der Waals surface area (Å²) < 4.78 is 110. The number of nitrogens with zero attached hydrogens (tertiary/aromatic N) is 2. The molecule has 2 aromatic carbocycles. The van der Waals surface area contributed by atoms with Gasteiger partial charge in [-0.3, -0.25) is 5.41 Å². The number of thioether (sulfide) groups is 1. The second-order valence-corrected chi connectivity index (χ2v) is 15.1. The number of sulfonamides is 1. The van der Waals surface area contributed by atoms with E-state index in [4.69, 9.17) is 42.4 Å². The number of aliphatic imine (C=N–C) groups is 1. The number of carboxylic acids is 2. The van der Waals surface area contributed by atoms with Crippen molar-refractivity contribution in [2.45, 2.75) is 31.2 Å². The smallest absolute Gasteiger partial charge is 0.475 e. The van der Waals surface area contributed by atoms with E-state index < -0.39 is 44.0 Å². The molecule has 24 heteroatoms. The van der Waals surface area contributed by atoms with Crippen LogP contribution in [0.3, 0.4) is 0 Å². The zero-order valence-electron chi connectivity index (χ0n) is 23.0. The standard InChI is InChI=1S/C19H19BrN6O3S4.2C2HF3O2/c1-30-18-16(10-15(31-18)17(21)22)32(27,13-6-2-4-11(20)8-13)26-33(28,29)14-7-3-5-12(9-14)25-19(23)24;2*3-2(4,5)1(6)7/h2-10H,1H3,(H3,21,22)(H4,23,24,25);2*(H,6,7). The van der Waals surface area contributed by atoms with E-state index in [9.17, 15) is 39.0 Å². The van der Waals surface area contributed by atoms with Gasteiger partial charge in [-0.2, -0.15) is 34.8 Å². The molecule has 47 heavy (non-hydrogen) atoms. The van der Waals surface area contributed by atoms with E-state index >= 15 is 0 Å². The van der Waals surface area contributed by atoms with Crippen LogP contribution in [0, 0.1) is 5.41 Å². The molecular formula is C23H21BrF6N6O7S4. The largest absolute Gasteiger partial charge is 0.490 e. The van der Waals surface area contributed by atoms with Gasteiger partial charge in [0.15, 0.2) is 5.96 Å². The monoisotopic (exact) mass is 814 g/mol. The molecule has 0 aliphatic carbocycles. The number of nitrogens with two attached hydrogens (primary N) is 3. The van der Waals surface area contributed by atoms with Gasteiger partial charge < -0.3 is 27.4 Å². The molecule has 0 amide bonds. The fraction of sp³-hybridized carbons (Fsp3) is 0.130. The number of nitrogen functional groups attached to an aromatic ring is 1. The topological polar surface area (TPSA) is 252 Å². The minimum atomic E-state index is -5.08. The number of carboxylic acid groups (broad SMARTS) is 2. The predicted molar refractivity (Wildman–Crippen MR) is 165 cm³/mol. The minimum absolute atomic E-state index is 0.173. The SMILES string of the molecule is CSc1sc(C(=N)N)cc1S(=O)(=NS(=O)(=O)c1cccc(N=C(N)N)c1)c1cccc(Br)c1.O=C(O)C(F)(F)F.O=C(O)C(F)(F)F. The number of rotatable bonds is 7. The van der Waals surface area contributed by atoms with Crippen LogP contribution >= 0.6 is 39.0 Å². The van der Waals surface area contributed by atoms with Crippen LogP contribution in [0.2, 0.25) is 0 Å². The second kappa shape index (κ2) is 16.3. The summed E-state index contributed by atoms with van der Waals surface area (Å²) in [4.78, 5) is 22.1. The summed E-state index contributed by atoms with van der Waals surface area (Å²) in [6.07, 6.45) is -8.41. The van der Waals surface area contributed by atoms with Gasteiger partial charge in [-0.15, -0.1) is 23.1 Å². The van der Waals surface area contributed by atoms with E-state index in [2.05, 4.69) is 24.7 Å². The zero-order valence-corrected chi connectivity index (χ0v) is 27.9. The first-order valence-corrected chi connectivity index (χ1v) is 17.2. The normalized spacial score (nSPS) is 12.6. The van der Waals surface area contributed by atoms with Crippen molar-refractivity contribution in [1.82, 2.24) is 0 Å². The van der Waals surface area contributed by atoms with Crippen LogP contribution in [-0.2, 0) is 29.3 Å². The highest BCUT2D eigenvalue weighted by atomic mass is 79.9. The lowest BCUT2D eigenvalue weighted by Crippen LogP contribution is -2.21. The van der Waals surface area contributed by atoms with E-state index in [1.165, 1.54) is 48.2 Å². The Morgan fingerprint density at radius 1 is 0.894 bits per heavy atom. The summed E-state index contributed by atoms with van der Waals surface area (Å²) in [5, 5.41) is 22.0. The average Bonchev–Trinajstić information content (AvgIpc) is 3.38. The van der Waals surface area contributed by atoms with Crippen LogP contribution in [0.25, 0.3) is 0 Å². The van der Waals surface area contributed by atoms with E-state index in [1.54, 1.807) is 24.5 Å². The van der Waals surface area contributed by atoms with Crippen molar-refractivity contribution in [1.29, 1.82) is 5.41 Å². The molecule has 1 heterocycles. The molecule has 0 spiro atoms. The minimum Gasteiger partial charge on any atom is -0.475 e. The number of nitrogens with one attached hydrogen (secondary N) is 1. The van der Waals surface area contributed by atoms with E-state index in [1.807, 2.05) is 0 Å². The first-order valence-electron chi connectivity index (χ1n) is 11.5. The first-order chi connectivity index (χ1) is 21.3. The highest BCUT2D eigenvalue weighted by Gasteiger charge is 2.39. The Balaban J connectivity index is 0.000000658.